The molecule has 0 aliphatic heterocycles. The molecule has 0 saturated carbocycles. The molecule has 3 nitrogen and oxygen atoms in total. The van der Waals surface area contributed by atoms with Crippen molar-refractivity contribution in [1.29, 1.82) is 0 Å². The highest BCUT2D eigenvalue weighted by Gasteiger charge is 2.02. The molecular weight excluding hydrogens is 284 g/mol. The maximum absolute atomic E-state index is 11.6. The normalized spacial score (nSPS) is 15.0. The summed E-state index contributed by atoms with van der Waals surface area (Å²) < 4.78 is 46.3. The van der Waals surface area contributed by atoms with Crippen molar-refractivity contribution in [1.82, 2.24) is 0 Å². The predicted molar refractivity (Wildman–Crippen MR) is 62.3 cm³/mol. The summed E-state index contributed by atoms with van der Waals surface area (Å²) >= 11 is 9.95. The second-order valence-electron chi connectivity index (χ2n) is 2.50. The zero-order valence-electron chi connectivity index (χ0n) is 10.4. The topological polar surface area (TPSA) is 27.7 Å². The summed E-state index contributed by atoms with van der Waals surface area (Å²) in [5.74, 6) is 0. The van der Waals surface area contributed by atoms with Crippen LogP contribution in [0.15, 0.2) is 0 Å². The molecule has 0 bridgehead atoms. The highest BCUT2D eigenvalue weighted by Crippen LogP contribution is 2.06. The standard InChI is InChI=1S/C3H5Cl2FO.2C3H7FO/c1-2(6)7-3(4)5;2*1-3(4)5-2/h2-3H,1H3;2*3H,1-2H3. The zero-order chi connectivity index (χ0) is 14.4. The summed E-state index contributed by atoms with van der Waals surface area (Å²) in [5, 5.41) is -1.06. The molecule has 0 N–H and O–H groups in total. The van der Waals surface area contributed by atoms with Gasteiger partial charge in [-0.15, -0.1) is 0 Å². The van der Waals surface area contributed by atoms with E-state index in [0.29, 0.717) is 0 Å². The molecule has 0 aromatic heterocycles. The first-order valence-electron chi connectivity index (χ1n) is 4.58. The maximum atomic E-state index is 11.6. The lowest BCUT2D eigenvalue weighted by Crippen LogP contribution is -2.03. The van der Waals surface area contributed by atoms with Crippen LogP contribution in [0.1, 0.15) is 20.8 Å². The van der Waals surface area contributed by atoms with Crippen LogP contribution in [0.4, 0.5) is 13.2 Å². The van der Waals surface area contributed by atoms with Gasteiger partial charge < -0.3 is 14.2 Å². The molecule has 0 aliphatic carbocycles. The molecule has 0 amide bonds. The van der Waals surface area contributed by atoms with Crippen molar-refractivity contribution < 1.29 is 27.4 Å². The Morgan fingerprint density at radius 1 is 0.765 bits per heavy atom. The summed E-state index contributed by atoms with van der Waals surface area (Å²) in [6.07, 6.45) is -3.62. The first-order chi connectivity index (χ1) is 7.67. The smallest absolute Gasteiger partial charge is 0.209 e. The van der Waals surface area contributed by atoms with Gasteiger partial charge in [-0.1, -0.05) is 23.2 Å². The molecule has 0 spiro atoms. The van der Waals surface area contributed by atoms with E-state index in [2.05, 4.69) is 14.2 Å². The second kappa shape index (κ2) is 16.2. The third kappa shape index (κ3) is 48.5. The molecule has 0 rings (SSSR count). The third-order valence-corrected chi connectivity index (χ3v) is 1.15. The predicted octanol–water partition coefficient (Wildman–Crippen LogP) is 3.98. The fraction of sp³-hybridized carbons (Fsp3) is 1.00. The van der Waals surface area contributed by atoms with Gasteiger partial charge in [0.15, 0.2) is 19.1 Å². The SMILES string of the molecule is CC(F)OC(Cl)Cl.COC(C)F.COC(C)F. The van der Waals surface area contributed by atoms with Gasteiger partial charge in [-0.3, -0.25) is 0 Å². The Morgan fingerprint density at radius 2 is 1.00 bits per heavy atom. The van der Waals surface area contributed by atoms with Gasteiger partial charge in [0.1, 0.15) is 0 Å². The maximum Gasteiger partial charge on any atom is 0.209 e. The van der Waals surface area contributed by atoms with E-state index < -0.39 is 24.1 Å². The lowest BCUT2D eigenvalue weighted by atomic mass is 10.8. The fourth-order valence-electron chi connectivity index (χ4n) is 0.142. The minimum absolute atomic E-state index is 1.06. The molecule has 0 aliphatic rings. The van der Waals surface area contributed by atoms with E-state index in [-0.39, 0.29) is 0 Å². The summed E-state index contributed by atoms with van der Waals surface area (Å²) in [6.45, 7) is 3.87. The van der Waals surface area contributed by atoms with Crippen molar-refractivity contribution in [2.45, 2.75) is 44.9 Å². The Hall–Kier alpha value is 0.250. The first kappa shape index (κ1) is 22.4. The number of alkyl halides is 5. The van der Waals surface area contributed by atoms with E-state index >= 15 is 0 Å². The molecule has 0 fully saturated rings. The van der Waals surface area contributed by atoms with Gasteiger partial charge in [0.2, 0.25) is 5.02 Å². The largest absolute Gasteiger partial charge is 0.352 e. The van der Waals surface area contributed by atoms with E-state index in [1.165, 1.54) is 35.0 Å². The van der Waals surface area contributed by atoms with Crippen LogP contribution in [-0.2, 0) is 14.2 Å². The van der Waals surface area contributed by atoms with Gasteiger partial charge in [0.25, 0.3) is 0 Å². The molecule has 8 heteroatoms. The van der Waals surface area contributed by atoms with Gasteiger partial charge in [-0.2, -0.15) is 0 Å². The van der Waals surface area contributed by atoms with Crippen LogP contribution in [0.5, 0.6) is 0 Å². The minimum atomic E-state index is -1.39. The van der Waals surface area contributed by atoms with E-state index in [1.54, 1.807) is 0 Å². The second-order valence-corrected chi connectivity index (χ2v) is 3.51. The van der Waals surface area contributed by atoms with Crippen LogP contribution in [0, 0.1) is 0 Å². The van der Waals surface area contributed by atoms with E-state index in [0.717, 1.165) is 0 Å². The molecule has 3 unspecified atom stereocenters. The highest BCUT2D eigenvalue weighted by atomic mass is 35.5. The molecule has 17 heavy (non-hydrogen) atoms. The number of hydrogen-bond acceptors (Lipinski definition) is 3. The van der Waals surface area contributed by atoms with Crippen LogP contribution in [-0.4, -0.2) is 38.3 Å². The number of hydrogen-bond donors (Lipinski definition) is 0. The monoisotopic (exact) mass is 302 g/mol. The van der Waals surface area contributed by atoms with Gasteiger partial charge in [0, 0.05) is 14.2 Å². The summed E-state index contributed by atoms with van der Waals surface area (Å²) in [7, 11) is 2.65. The molecule has 0 saturated heterocycles. The van der Waals surface area contributed by atoms with Crippen LogP contribution in [0.3, 0.4) is 0 Å². The highest BCUT2D eigenvalue weighted by molar-refractivity contribution is 6.43. The first-order valence-corrected chi connectivity index (χ1v) is 5.46. The lowest BCUT2D eigenvalue weighted by molar-refractivity contribution is -0.0146. The van der Waals surface area contributed by atoms with Gasteiger partial charge in [-0.25, -0.2) is 13.2 Å². The number of ether oxygens (including phenoxy) is 3. The summed E-state index contributed by atoms with van der Waals surface area (Å²) in [6, 6.07) is 0. The molecule has 0 aromatic rings. The quantitative estimate of drug-likeness (QED) is 0.735. The van der Waals surface area contributed by atoms with Gasteiger partial charge >= 0.3 is 0 Å². The molecule has 3 atom stereocenters. The van der Waals surface area contributed by atoms with Crippen molar-refractivity contribution in [3.8, 4) is 0 Å². The Bertz CT molecular complexity index is 125. The van der Waals surface area contributed by atoms with Crippen LogP contribution < -0.4 is 0 Å². The molecular formula is C9H19Cl2F3O3. The summed E-state index contributed by atoms with van der Waals surface area (Å²) in [5.41, 5.74) is 0. The Labute approximate surface area is 110 Å². The van der Waals surface area contributed by atoms with Crippen LogP contribution in [0.2, 0.25) is 0 Å². The Kier molecular flexibility index (Phi) is 21.4. The van der Waals surface area contributed by atoms with Crippen LogP contribution in [0.25, 0.3) is 0 Å². The third-order valence-electron chi connectivity index (χ3n) is 0.940. The Morgan fingerprint density at radius 3 is 1.00 bits per heavy atom. The van der Waals surface area contributed by atoms with Gasteiger partial charge in [-0.05, 0) is 20.8 Å². The lowest BCUT2D eigenvalue weighted by Gasteiger charge is -2.01. The van der Waals surface area contributed by atoms with E-state index in [9.17, 15) is 13.2 Å². The average molecular weight is 303 g/mol. The van der Waals surface area contributed by atoms with Gasteiger partial charge in [0.05, 0.1) is 0 Å². The van der Waals surface area contributed by atoms with Crippen LogP contribution >= 0.6 is 23.2 Å². The van der Waals surface area contributed by atoms with Crippen molar-refractivity contribution in [3.05, 3.63) is 0 Å². The van der Waals surface area contributed by atoms with Crippen molar-refractivity contribution in [3.63, 3.8) is 0 Å². The van der Waals surface area contributed by atoms with E-state index in [1.807, 2.05) is 0 Å². The van der Waals surface area contributed by atoms with Crippen molar-refractivity contribution >= 4 is 23.2 Å². The molecule has 108 valence electrons. The molecule has 0 aromatic carbocycles. The molecule has 0 heterocycles. The Balaban J connectivity index is -0.000000177. The average Bonchev–Trinajstić information content (AvgIpc) is 2.17. The van der Waals surface area contributed by atoms with Crippen molar-refractivity contribution in [2.24, 2.45) is 0 Å². The summed E-state index contributed by atoms with van der Waals surface area (Å²) in [4.78, 5) is 0. The minimum Gasteiger partial charge on any atom is -0.352 e. The van der Waals surface area contributed by atoms with Crippen molar-refractivity contribution in [2.75, 3.05) is 14.2 Å². The number of rotatable bonds is 4. The zero-order valence-corrected chi connectivity index (χ0v) is 11.9. The molecule has 0 radical (unpaired) electrons. The van der Waals surface area contributed by atoms with E-state index in [4.69, 9.17) is 23.2 Å². The number of methoxy groups -OCH3 is 2. The number of halogens is 5. The fourth-order valence-corrected chi connectivity index (χ4v) is 0.425.